The molecule has 0 spiro atoms. The second-order valence-electron chi connectivity index (χ2n) is 8.35. The third-order valence-electron chi connectivity index (χ3n) is 5.80. The second-order valence-corrected chi connectivity index (χ2v) is 8.35. The van der Waals surface area contributed by atoms with Gasteiger partial charge in [0.2, 0.25) is 5.76 Å². The van der Waals surface area contributed by atoms with Crippen molar-refractivity contribution < 1.29 is 9.21 Å². The van der Waals surface area contributed by atoms with Crippen molar-refractivity contribution >= 4 is 16.9 Å². The standard InChI is InChI=1S/C25H27NO3/c1-6-11-26-22(18-9-7-17(8-10-18)14(2)3)21-23(27)20-16(5)12-15(4)13-19(20)29-24(21)25(26)28/h7-10,12-14,22H,6,11H2,1-5H3. The highest BCUT2D eigenvalue weighted by Crippen LogP contribution is 2.39. The Morgan fingerprint density at radius 3 is 2.38 bits per heavy atom. The maximum atomic E-state index is 13.6. The van der Waals surface area contributed by atoms with Crippen LogP contribution in [0.5, 0.6) is 0 Å². The highest BCUT2D eigenvalue weighted by molar-refractivity contribution is 5.99. The number of carbonyl (C=O) groups excluding carboxylic acids is 1. The number of amides is 1. The van der Waals surface area contributed by atoms with Crippen molar-refractivity contribution in [3.63, 3.8) is 0 Å². The first-order chi connectivity index (χ1) is 13.8. The number of hydrogen-bond donors (Lipinski definition) is 0. The zero-order chi connectivity index (χ0) is 20.9. The van der Waals surface area contributed by atoms with E-state index in [2.05, 4.69) is 26.0 Å². The Morgan fingerprint density at radius 1 is 1.07 bits per heavy atom. The summed E-state index contributed by atoms with van der Waals surface area (Å²) in [7, 11) is 0. The summed E-state index contributed by atoms with van der Waals surface area (Å²) in [5, 5.41) is 0.573. The summed E-state index contributed by atoms with van der Waals surface area (Å²) in [6.45, 7) is 10.8. The van der Waals surface area contributed by atoms with Gasteiger partial charge in [-0.2, -0.15) is 0 Å². The first kappa shape index (κ1) is 19.4. The largest absolute Gasteiger partial charge is 0.450 e. The van der Waals surface area contributed by atoms with E-state index in [1.807, 2.05) is 45.0 Å². The second kappa shape index (κ2) is 7.18. The lowest BCUT2D eigenvalue weighted by Gasteiger charge is -2.25. The fraction of sp³-hybridized carbons (Fsp3) is 0.360. The van der Waals surface area contributed by atoms with E-state index in [0.29, 0.717) is 29.0 Å². The van der Waals surface area contributed by atoms with Gasteiger partial charge in [0, 0.05) is 6.54 Å². The fourth-order valence-corrected chi connectivity index (χ4v) is 4.39. The van der Waals surface area contributed by atoms with Crippen molar-refractivity contribution in [3.8, 4) is 0 Å². The predicted octanol–water partition coefficient (Wildman–Crippen LogP) is 5.49. The molecule has 3 aromatic rings. The van der Waals surface area contributed by atoms with E-state index in [-0.39, 0.29) is 17.1 Å². The van der Waals surface area contributed by atoms with Crippen LogP contribution in [-0.2, 0) is 0 Å². The Labute approximate surface area is 171 Å². The van der Waals surface area contributed by atoms with Crippen LogP contribution in [0, 0.1) is 13.8 Å². The Hall–Kier alpha value is -2.88. The molecule has 2 heterocycles. The van der Waals surface area contributed by atoms with Crippen LogP contribution in [0.25, 0.3) is 11.0 Å². The first-order valence-electron chi connectivity index (χ1n) is 10.3. The van der Waals surface area contributed by atoms with Gasteiger partial charge in [-0.15, -0.1) is 0 Å². The monoisotopic (exact) mass is 389 g/mol. The highest BCUT2D eigenvalue weighted by Gasteiger charge is 2.42. The van der Waals surface area contributed by atoms with Gasteiger partial charge in [-0.25, -0.2) is 0 Å². The Morgan fingerprint density at radius 2 is 1.76 bits per heavy atom. The number of benzene rings is 2. The zero-order valence-corrected chi connectivity index (χ0v) is 17.7. The molecule has 4 heteroatoms. The lowest BCUT2D eigenvalue weighted by Crippen LogP contribution is -2.30. The summed E-state index contributed by atoms with van der Waals surface area (Å²) in [5.41, 5.74) is 4.95. The predicted molar refractivity (Wildman–Crippen MR) is 116 cm³/mol. The number of nitrogens with zero attached hydrogens (tertiary/aromatic N) is 1. The summed E-state index contributed by atoms with van der Waals surface area (Å²) >= 11 is 0. The van der Waals surface area contributed by atoms with Gasteiger partial charge in [0.1, 0.15) is 5.58 Å². The Bertz CT molecular complexity index is 1160. The number of rotatable bonds is 4. The Balaban J connectivity index is 1.98. The molecular weight excluding hydrogens is 362 g/mol. The minimum Gasteiger partial charge on any atom is -0.450 e. The van der Waals surface area contributed by atoms with Gasteiger partial charge in [-0.3, -0.25) is 9.59 Å². The number of aryl methyl sites for hydroxylation is 2. The van der Waals surface area contributed by atoms with Gasteiger partial charge in [0.05, 0.1) is 17.0 Å². The van der Waals surface area contributed by atoms with Gasteiger partial charge < -0.3 is 9.32 Å². The fourth-order valence-electron chi connectivity index (χ4n) is 4.39. The summed E-state index contributed by atoms with van der Waals surface area (Å²) in [5.74, 6) is 0.421. The molecule has 0 saturated carbocycles. The van der Waals surface area contributed by atoms with Crippen LogP contribution in [-0.4, -0.2) is 17.4 Å². The van der Waals surface area contributed by atoms with E-state index < -0.39 is 6.04 Å². The van der Waals surface area contributed by atoms with Crippen molar-refractivity contribution in [3.05, 3.63) is 80.2 Å². The summed E-state index contributed by atoms with van der Waals surface area (Å²) in [6.07, 6.45) is 0.812. The molecule has 1 aliphatic heterocycles. The molecule has 2 aromatic carbocycles. The summed E-state index contributed by atoms with van der Waals surface area (Å²) in [4.78, 5) is 28.6. The summed E-state index contributed by atoms with van der Waals surface area (Å²) in [6, 6.07) is 11.7. The van der Waals surface area contributed by atoms with Gasteiger partial charge in [-0.05, 0) is 54.5 Å². The number of fused-ring (bicyclic) bond motifs is 2. The molecule has 0 fully saturated rings. The van der Waals surface area contributed by atoms with Crippen molar-refractivity contribution in [2.24, 2.45) is 0 Å². The molecule has 0 radical (unpaired) electrons. The lowest BCUT2D eigenvalue weighted by atomic mass is 9.94. The third kappa shape index (κ3) is 3.07. The van der Waals surface area contributed by atoms with Gasteiger partial charge in [0.25, 0.3) is 5.91 Å². The first-order valence-corrected chi connectivity index (χ1v) is 10.3. The molecule has 0 saturated heterocycles. The van der Waals surface area contributed by atoms with Gasteiger partial charge in [-0.1, -0.05) is 51.1 Å². The summed E-state index contributed by atoms with van der Waals surface area (Å²) < 4.78 is 6.06. The molecule has 1 atom stereocenters. The van der Waals surface area contributed by atoms with E-state index in [1.165, 1.54) is 5.56 Å². The smallest absolute Gasteiger partial charge is 0.290 e. The van der Waals surface area contributed by atoms with Crippen LogP contribution in [0.15, 0.2) is 45.6 Å². The SMILES string of the molecule is CCCN1C(=O)c2oc3cc(C)cc(C)c3c(=O)c2C1c1ccc(C(C)C)cc1. The van der Waals surface area contributed by atoms with Crippen LogP contribution in [0.3, 0.4) is 0 Å². The third-order valence-corrected chi connectivity index (χ3v) is 5.80. The maximum Gasteiger partial charge on any atom is 0.290 e. The van der Waals surface area contributed by atoms with E-state index in [4.69, 9.17) is 4.42 Å². The van der Waals surface area contributed by atoms with Crippen molar-refractivity contribution in [2.45, 2.75) is 53.0 Å². The van der Waals surface area contributed by atoms with Crippen molar-refractivity contribution in [2.75, 3.05) is 6.54 Å². The minimum absolute atomic E-state index is 0.0939. The normalized spacial score (nSPS) is 16.1. The van der Waals surface area contributed by atoms with Crippen LogP contribution >= 0.6 is 0 Å². The zero-order valence-electron chi connectivity index (χ0n) is 17.7. The molecular formula is C25H27NO3. The molecule has 150 valence electrons. The minimum atomic E-state index is -0.403. The average Bonchev–Trinajstić information content (AvgIpc) is 2.94. The van der Waals surface area contributed by atoms with Gasteiger partial charge >= 0.3 is 0 Å². The molecule has 1 amide bonds. The number of hydrogen-bond acceptors (Lipinski definition) is 3. The topological polar surface area (TPSA) is 50.5 Å². The molecule has 1 unspecified atom stereocenters. The van der Waals surface area contributed by atoms with E-state index in [0.717, 1.165) is 23.1 Å². The number of carbonyl (C=O) groups is 1. The Kier molecular flexibility index (Phi) is 4.81. The van der Waals surface area contributed by atoms with Crippen LogP contribution in [0.2, 0.25) is 0 Å². The van der Waals surface area contributed by atoms with E-state index >= 15 is 0 Å². The van der Waals surface area contributed by atoms with Crippen LogP contribution in [0.4, 0.5) is 0 Å². The quantitative estimate of drug-likeness (QED) is 0.593. The van der Waals surface area contributed by atoms with E-state index in [1.54, 1.807) is 4.90 Å². The maximum absolute atomic E-state index is 13.6. The van der Waals surface area contributed by atoms with Crippen LogP contribution in [0.1, 0.15) is 77.5 Å². The molecule has 1 aliphatic rings. The van der Waals surface area contributed by atoms with Gasteiger partial charge in [0.15, 0.2) is 5.43 Å². The highest BCUT2D eigenvalue weighted by atomic mass is 16.3. The molecule has 0 aliphatic carbocycles. The molecule has 29 heavy (non-hydrogen) atoms. The molecule has 0 N–H and O–H groups in total. The molecule has 4 nitrogen and oxygen atoms in total. The average molecular weight is 389 g/mol. The van der Waals surface area contributed by atoms with E-state index in [9.17, 15) is 9.59 Å². The lowest BCUT2D eigenvalue weighted by molar-refractivity contribution is 0.0728. The van der Waals surface area contributed by atoms with Crippen molar-refractivity contribution in [1.29, 1.82) is 0 Å². The molecule has 1 aromatic heterocycles. The van der Waals surface area contributed by atoms with Crippen LogP contribution < -0.4 is 5.43 Å². The molecule has 0 bridgehead atoms. The molecule has 4 rings (SSSR count). The van der Waals surface area contributed by atoms with Crippen molar-refractivity contribution in [1.82, 2.24) is 4.90 Å².